The number of anilines is 1. The van der Waals surface area contributed by atoms with Crippen LogP contribution in [0.25, 0.3) is 5.70 Å². The van der Waals surface area contributed by atoms with Crippen molar-refractivity contribution in [3.05, 3.63) is 34.5 Å². The molecule has 1 spiro atoms. The summed E-state index contributed by atoms with van der Waals surface area (Å²) in [6, 6.07) is 0.0424. The molecule has 0 saturated carbocycles. The van der Waals surface area contributed by atoms with Gasteiger partial charge in [-0.25, -0.2) is 4.79 Å². The van der Waals surface area contributed by atoms with Crippen LogP contribution >= 0.6 is 23.2 Å². The number of rotatable bonds is 2. The fraction of sp³-hybridized carbons (Fsp3) is 0.632. The fourth-order valence-corrected chi connectivity index (χ4v) is 4.84. The van der Waals surface area contributed by atoms with E-state index < -0.39 is 11.1 Å². The van der Waals surface area contributed by atoms with E-state index in [1.54, 1.807) is 25.2 Å². The van der Waals surface area contributed by atoms with Crippen molar-refractivity contribution in [2.45, 2.75) is 49.6 Å². The number of hydrogen-bond donors (Lipinski definition) is 1. The predicted molar refractivity (Wildman–Crippen MR) is 111 cm³/mol. The van der Waals surface area contributed by atoms with Crippen LogP contribution < -0.4 is 16.3 Å². The Morgan fingerprint density at radius 3 is 2.61 bits per heavy atom. The van der Waals surface area contributed by atoms with Gasteiger partial charge in [0.2, 0.25) is 5.95 Å². The number of piperidine rings is 1. The van der Waals surface area contributed by atoms with Crippen LogP contribution in [0.3, 0.4) is 0 Å². The van der Waals surface area contributed by atoms with E-state index in [-0.39, 0.29) is 22.9 Å². The number of nitrogens with two attached hydrogens (primary N) is 1. The van der Waals surface area contributed by atoms with Crippen LogP contribution in [0.2, 0.25) is 0 Å². The normalized spacial score (nSPS) is 32.0. The molecule has 28 heavy (non-hydrogen) atoms. The molecule has 1 aromatic rings. The molecular formula is C19H25Cl2N5O2. The Morgan fingerprint density at radius 2 is 2.00 bits per heavy atom. The van der Waals surface area contributed by atoms with Crippen LogP contribution in [0.4, 0.5) is 5.95 Å². The summed E-state index contributed by atoms with van der Waals surface area (Å²) in [6.45, 7) is 6.01. The van der Waals surface area contributed by atoms with E-state index in [1.807, 2.05) is 6.92 Å². The van der Waals surface area contributed by atoms with E-state index >= 15 is 0 Å². The Kier molecular flexibility index (Phi) is 5.29. The number of allylic oxidation sites excluding steroid dienone is 4. The molecule has 0 amide bonds. The maximum atomic E-state index is 12.8. The van der Waals surface area contributed by atoms with E-state index in [4.69, 9.17) is 33.7 Å². The number of hydrogen-bond acceptors (Lipinski definition) is 6. The zero-order chi connectivity index (χ0) is 20.1. The van der Waals surface area contributed by atoms with Gasteiger partial charge in [-0.3, -0.25) is 4.57 Å². The van der Waals surface area contributed by atoms with Crippen LogP contribution in [-0.2, 0) is 4.74 Å². The van der Waals surface area contributed by atoms with Gasteiger partial charge in [-0.15, -0.1) is 23.2 Å². The molecular weight excluding hydrogens is 401 g/mol. The Bertz CT molecular complexity index is 876. The average Bonchev–Trinajstić information content (AvgIpc) is 2.94. The highest BCUT2D eigenvalue weighted by Crippen LogP contribution is 2.41. The molecule has 1 unspecified atom stereocenters. The molecule has 0 bridgehead atoms. The molecule has 3 heterocycles. The van der Waals surface area contributed by atoms with Gasteiger partial charge in [-0.1, -0.05) is 12.2 Å². The first-order valence-corrected chi connectivity index (χ1v) is 10.5. The highest BCUT2D eigenvalue weighted by molar-refractivity contribution is 6.34. The molecule has 1 aromatic heterocycles. The van der Waals surface area contributed by atoms with Gasteiger partial charge >= 0.3 is 5.69 Å². The first-order valence-electron chi connectivity index (χ1n) is 9.59. The molecule has 2 N–H and O–H groups in total. The molecule has 0 radical (unpaired) electrons. The Balaban J connectivity index is 1.56. The van der Waals surface area contributed by atoms with Crippen molar-refractivity contribution < 1.29 is 4.74 Å². The molecule has 2 saturated heterocycles. The summed E-state index contributed by atoms with van der Waals surface area (Å²) < 4.78 is 7.21. The standard InChI is InChI=1S/C19H25Cl2N5O2/c1-11-16(22)19(10-28-11)6-8-25(9-7-19)17-23-12(2)26(18(27)24-17)14-5-3-4-13(20)15(14)21/h3-5,11,13,15-16H,6-10,22H2,1-2H3/t11-,13-,15?,16+/m0/s1. The van der Waals surface area contributed by atoms with Crippen LogP contribution in [0.5, 0.6) is 0 Å². The maximum absolute atomic E-state index is 12.8. The van der Waals surface area contributed by atoms with Crippen molar-refractivity contribution in [2.75, 3.05) is 24.6 Å². The van der Waals surface area contributed by atoms with Crippen molar-refractivity contribution in [2.24, 2.45) is 11.1 Å². The third kappa shape index (κ3) is 3.28. The fourth-order valence-electron chi connectivity index (χ4n) is 4.37. The second-order valence-corrected chi connectivity index (χ2v) is 8.88. The Hall–Kier alpha value is -1.41. The van der Waals surface area contributed by atoms with Gasteiger partial charge in [0.1, 0.15) is 5.82 Å². The third-order valence-corrected chi connectivity index (χ3v) is 7.26. The van der Waals surface area contributed by atoms with Crippen LogP contribution in [-0.4, -0.2) is 57.1 Å². The van der Waals surface area contributed by atoms with Crippen molar-refractivity contribution >= 4 is 34.8 Å². The van der Waals surface area contributed by atoms with Crippen molar-refractivity contribution in [3.8, 4) is 0 Å². The lowest BCUT2D eigenvalue weighted by Gasteiger charge is -2.41. The molecule has 2 aliphatic heterocycles. The van der Waals surface area contributed by atoms with E-state index in [1.165, 1.54) is 4.57 Å². The van der Waals surface area contributed by atoms with Crippen LogP contribution in [0.1, 0.15) is 25.6 Å². The lowest BCUT2D eigenvalue weighted by Crippen LogP contribution is -2.51. The molecule has 9 heteroatoms. The van der Waals surface area contributed by atoms with Gasteiger partial charge in [0.15, 0.2) is 0 Å². The molecule has 3 aliphatic rings. The van der Waals surface area contributed by atoms with E-state index in [0.29, 0.717) is 24.1 Å². The summed E-state index contributed by atoms with van der Waals surface area (Å²) in [7, 11) is 0. The summed E-state index contributed by atoms with van der Waals surface area (Å²) in [5, 5.41) is -0.899. The van der Waals surface area contributed by atoms with Crippen molar-refractivity contribution in [1.29, 1.82) is 0 Å². The minimum atomic E-state index is -0.516. The molecule has 4 atom stereocenters. The summed E-state index contributed by atoms with van der Waals surface area (Å²) >= 11 is 12.6. The smallest absolute Gasteiger partial charge is 0.356 e. The topological polar surface area (TPSA) is 86.3 Å². The predicted octanol–water partition coefficient (Wildman–Crippen LogP) is 1.90. The second kappa shape index (κ2) is 7.44. The SMILES string of the molecule is Cc1nc(N2CCC3(CC2)CO[C@@H](C)[C@H]3N)nc(=O)n1C1=CC=C[C@H](Cl)C1Cl. The first-order chi connectivity index (χ1) is 13.3. The molecule has 152 valence electrons. The number of aryl methyl sites for hydroxylation is 1. The average molecular weight is 426 g/mol. The Labute approximate surface area is 174 Å². The number of halogens is 2. The lowest BCUT2D eigenvalue weighted by atomic mass is 9.73. The molecule has 2 fully saturated rings. The largest absolute Gasteiger partial charge is 0.376 e. The maximum Gasteiger partial charge on any atom is 0.356 e. The number of alkyl halides is 2. The highest BCUT2D eigenvalue weighted by atomic mass is 35.5. The lowest BCUT2D eigenvalue weighted by molar-refractivity contribution is 0.0973. The van der Waals surface area contributed by atoms with Gasteiger partial charge in [-0.05, 0) is 32.8 Å². The molecule has 1 aliphatic carbocycles. The van der Waals surface area contributed by atoms with Crippen molar-refractivity contribution in [1.82, 2.24) is 14.5 Å². The summed E-state index contributed by atoms with van der Waals surface area (Å²) in [6.07, 6.45) is 7.25. The third-order valence-electron chi connectivity index (χ3n) is 6.24. The van der Waals surface area contributed by atoms with E-state index in [9.17, 15) is 4.79 Å². The number of ether oxygens (including phenoxy) is 1. The van der Waals surface area contributed by atoms with E-state index in [0.717, 1.165) is 25.9 Å². The first kappa shape index (κ1) is 19.9. The van der Waals surface area contributed by atoms with Crippen LogP contribution in [0, 0.1) is 12.3 Å². The monoisotopic (exact) mass is 425 g/mol. The van der Waals surface area contributed by atoms with Gasteiger partial charge in [0.25, 0.3) is 0 Å². The summed E-state index contributed by atoms with van der Waals surface area (Å²) in [4.78, 5) is 23.7. The van der Waals surface area contributed by atoms with Gasteiger partial charge in [-0.2, -0.15) is 9.97 Å². The van der Waals surface area contributed by atoms with E-state index in [2.05, 4.69) is 14.9 Å². The molecule has 7 nitrogen and oxygen atoms in total. The van der Waals surface area contributed by atoms with Gasteiger partial charge in [0, 0.05) is 30.2 Å². The minimum Gasteiger partial charge on any atom is -0.376 e. The van der Waals surface area contributed by atoms with Gasteiger partial charge < -0.3 is 15.4 Å². The van der Waals surface area contributed by atoms with Crippen molar-refractivity contribution in [3.63, 3.8) is 0 Å². The zero-order valence-corrected chi connectivity index (χ0v) is 17.5. The minimum absolute atomic E-state index is 0.0143. The highest BCUT2D eigenvalue weighted by Gasteiger charge is 2.47. The summed E-state index contributed by atoms with van der Waals surface area (Å²) in [5.41, 5.74) is 6.60. The zero-order valence-electron chi connectivity index (χ0n) is 16.0. The number of aromatic nitrogens is 3. The Morgan fingerprint density at radius 1 is 1.29 bits per heavy atom. The molecule has 4 rings (SSSR count). The second-order valence-electron chi connectivity index (χ2n) is 7.90. The van der Waals surface area contributed by atoms with Gasteiger partial charge in [0.05, 0.1) is 23.5 Å². The molecule has 0 aromatic carbocycles. The quantitative estimate of drug-likeness (QED) is 0.728. The summed E-state index contributed by atoms with van der Waals surface area (Å²) in [5.74, 6) is 0.996. The number of nitrogens with zero attached hydrogens (tertiary/aromatic N) is 4. The van der Waals surface area contributed by atoms with Crippen LogP contribution in [0.15, 0.2) is 23.0 Å².